The predicted octanol–water partition coefficient (Wildman–Crippen LogP) is 2.89. The molecule has 3 aliphatic heterocycles. The van der Waals surface area contributed by atoms with Gasteiger partial charge in [-0.3, -0.25) is 9.69 Å². The van der Waals surface area contributed by atoms with Crippen molar-refractivity contribution in [2.24, 2.45) is 16.5 Å². The van der Waals surface area contributed by atoms with Crippen molar-refractivity contribution in [3.8, 4) is 0 Å². The highest BCUT2D eigenvalue weighted by Gasteiger charge is 2.42. The quantitative estimate of drug-likeness (QED) is 0.474. The first-order valence-corrected chi connectivity index (χ1v) is 12.9. The summed E-state index contributed by atoms with van der Waals surface area (Å²) in [6, 6.07) is 13.1. The van der Waals surface area contributed by atoms with Gasteiger partial charge in [-0.1, -0.05) is 36.4 Å². The van der Waals surface area contributed by atoms with Crippen LogP contribution in [0.15, 0.2) is 64.8 Å². The van der Waals surface area contributed by atoms with Crippen LogP contribution in [0, 0.1) is 11.6 Å². The Morgan fingerprint density at radius 3 is 2.58 bits per heavy atom. The zero-order valence-electron chi connectivity index (χ0n) is 21.3. The highest BCUT2D eigenvalue weighted by atomic mass is 19.2. The molecule has 3 aliphatic rings. The van der Waals surface area contributed by atoms with E-state index in [-0.39, 0.29) is 24.5 Å². The molecule has 2 aromatic rings. The number of piperazine rings is 1. The van der Waals surface area contributed by atoms with E-state index in [2.05, 4.69) is 22.0 Å². The van der Waals surface area contributed by atoms with Crippen LogP contribution in [0.5, 0.6) is 0 Å². The Morgan fingerprint density at radius 2 is 1.82 bits per heavy atom. The zero-order chi connectivity index (χ0) is 27.0. The monoisotopic (exact) mass is 522 g/mol. The normalized spacial score (nSPS) is 24.2. The number of amides is 3. The molecule has 2 saturated heterocycles. The highest BCUT2D eigenvalue weighted by molar-refractivity contribution is 6.09. The minimum absolute atomic E-state index is 0.000249. The van der Waals surface area contributed by atoms with Crippen LogP contribution in [0.4, 0.5) is 13.6 Å². The molecule has 0 bridgehead atoms. The lowest BCUT2D eigenvalue weighted by Crippen LogP contribution is -2.61. The van der Waals surface area contributed by atoms with E-state index < -0.39 is 29.1 Å². The van der Waals surface area contributed by atoms with Gasteiger partial charge in [0.15, 0.2) is 11.6 Å². The molecule has 3 heterocycles. The minimum atomic E-state index is -1.29. The first-order chi connectivity index (χ1) is 18.2. The molecular weight excluding hydrogens is 490 g/mol. The van der Waals surface area contributed by atoms with Gasteiger partial charge in [-0.25, -0.2) is 13.6 Å². The fourth-order valence-electron chi connectivity index (χ4n) is 5.73. The van der Waals surface area contributed by atoms with Crippen LogP contribution in [0.1, 0.15) is 35.7 Å². The summed E-state index contributed by atoms with van der Waals surface area (Å²) in [6.07, 6.45) is 2.92. The van der Waals surface area contributed by atoms with E-state index >= 15 is 0 Å². The van der Waals surface area contributed by atoms with Crippen LogP contribution in [-0.4, -0.2) is 76.8 Å². The Labute approximate surface area is 220 Å². The average molecular weight is 523 g/mol. The number of nitrogens with zero attached hydrogens (tertiary/aromatic N) is 4. The topological polar surface area (TPSA) is 108 Å². The number of aliphatic imine (C=N–C) groups is 1. The van der Waals surface area contributed by atoms with Crippen LogP contribution in [0.2, 0.25) is 0 Å². The highest BCUT2D eigenvalue weighted by Crippen LogP contribution is 2.30. The van der Waals surface area contributed by atoms with Crippen molar-refractivity contribution in [2.45, 2.75) is 44.3 Å². The Kier molecular flexibility index (Phi) is 7.16. The number of benzene rings is 2. The van der Waals surface area contributed by atoms with Crippen LogP contribution >= 0.6 is 0 Å². The SMILES string of the molecule is CC1C(N)=C(C(N)=NC(=O)c2cccc(F)c2F)CN1C(=O)N1C[C@@H]2CCCN2C[C@@H]1Cc1ccccc1. The third kappa shape index (κ3) is 4.88. The van der Waals surface area contributed by atoms with Gasteiger partial charge < -0.3 is 21.3 Å². The maximum atomic E-state index is 14.1. The second-order valence-corrected chi connectivity index (χ2v) is 10.2. The number of fused-ring (bicyclic) bond motifs is 1. The lowest BCUT2D eigenvalue weighted by Gasteiger charge is -2.45. The summed E-state index contributed by atoms with van der Waals surface area (Å²) in [5.41, 5.74) is 13.8. The number of hydrogen-bond acceptors (Lipinski definition) is 4. The molecular formula is C28H32F2N6O2. The number of carbonyl (C=O) groups is 2. The number of nitrogens with two attached hydrogens (primary N) is 2. The number of urea groups is 1. The summed E-state index contributed by atoms with van der Waals surface area (Å²) in [4.78, 5) is 36.3. The van der Waals surface area contributed by atoms with E-state index in [9.17, 15) is 18.4 Å². The van der Waals surface area contributed by atoms with Gasteiger partial charge in [0.05, 0.1) is 24.2 Å². The molecule has 4 N–H and O–H groups in total. The number of rotatable bonds is 4. The molecule has 8 nitrogen and oxygen atoms in total. The summed E-state index contributed by atoms with van der Waals surface area (Å²) in [5, 5.41) is 0. The van der Waals surface area contributed by atoms with E-state index in [1.165, 1.54) is 11.6 Å². The van der Waals surface area contributed by atoms with Gasteiger partial charge in [0, 0.05) is 30.4 Å². The molecule has 38 heavy (non-hydrogen) atoms. The molecule has 0 aliphatic carbocycles. The molecule has 3 atom stereocenters. The number of amidine groups is 1. The van der Waals surface area contributed by atoms with Crippen molar-refractivity contribution in [1.29, 1.82) is 0 Å². The van der Waals surface area contributed by atoms with Gasteiger partial charge in [-0.2, -0.15) is 4.99 Å². The molecule has 2 aromatic carbocycles. The smallest absolute Gasteiger partial charge is 0.321 e. The molecule has 200 valence electrons. The number of carbonyl (C=O) groups excluding carboxylic acids is 2. The Morgan fingerprint density at radius 1 is 1.05 bits per heavy atom. The Hall–Kier alpha value is -3.79. The van der Waals surface area contributed by atoms with Crippen molar-refractivity contribution in [3.05, 3.63) is 82.6 Å². The van der Waals surface area contributed by atoms with Gasteiger partial charge in [0.25, 0.3) is 5.91 Å². The van der Waals surface area contributed by atoms with Crippen molar-refractivity contribution < 1.29 is 18.4 Å². The maximum Gasteiger partial charge on any atom is 0.321 e. The molecule has 0 aromatic heterocycles. The average Bonchev–Trinajstić information content (AvgIpc) is 3.49. The first-order valence-electron chi connectivity index (χ1n) is 12.9. The third-order valence-electron chi connectivity index (χ3n) is 7.91. The summed E-state index contributed by atoms with van der Waals surface area (Å²) in [5.74, 6) is -3.66. The molecule has 0 radical (unpaired) electrons. The Bertz CT molecular complexity index is 1300. The lowest BCUT2D eigenvalue weighted by molar-refractivity contribution is 0.0562. The van der Waals surface area contributed by atoms with E-state index in [0.717, 1.165) is 44.5 Å². The van der Waals surface area contributed by atoms with Crippen molar-refractivity contribution >= 4 is 17.8 Å². The fourth-order valence-corrected chi connectivity index (χ4v) is 5.73. The Balaban J connectivity index is 1.35. The van der Waals surface area contributed by atoms with E-state index in [1.54, 1.807) is 11.8 Å². The summed E-state index contributed by atoms with van der Waals surface area (Å²) in [7, 11) is 0. The van der Waals surface area contributed by atoms with Crippen LogP contribution in [0.25, 0.3) is 0 Å². The molecule has 5 rings (SSSR count). The van der Waals surface area contributed by atoms with Gasteiger partial charge in [0.2, 0.25) is 0 Å². The second-order valence-electron chi connectivity index (χ2n) is 10.2. The van der Waals surface area contributed by atoms with Crippen LogP contribution in [0.3, 0.4) is 0 Å². The van der Waals surface area contributed by atoms with Crippen molar-refractivity contribution in [3.63, 3.8) is 0 Å². The maximum absolute atomic E-state index is 14.1. The lowest BCUT2D eigenvalue weighted by atomic mass is 10.00. The van der Waals surface area contributed by atoms with Crippen LogP contribution in [-0.2, 0) is 6.42 Å². The summed E-state index contributed by atoms with van der Waals surface area (Å²) in [6.45, 7) is 4.36. The minimum Gasteiger partial charge on any atom is -0.400 e. The van der Waals surface area contributed by atoms with Gasteiger partial charge >= 0.3 is 6.03 Å². The van der Waals surface area contributed by atoms with E-state index in [4.69, 9.17) is 11.5 Å². The summed E-state index contributed by atoms with van der Waals surface area (Å²) < 4.78 is 27.6. The van der Waals surface area contributed by atoms with Crippen molar-refractivity contribution in [1.82, 2.24) is 14.7 Å². The molecule has 2 fully saturated rings. The van der Waals surface area contributed by atoms with Crippen LogP contribution < -0.4 is 11.5 Å². The van der Waals surface area contributed by atoms with Gasteiger partial charge in [-0.15, -0.1) is 0 Å². The zero-order valence-corrected chi connectivity index (χ0v) is 21.3. The molecule has 0 saturated carbocycles. The van der Waals surface area contributed by atoms with Gasteiger partial charge in [-0.05, 0) is 50.4 Å². The first kappa shape index (κ1) is 25.8. The molecule has 0 spiro atoms. The standard InChI is InChI=1S/C28H32F2N6O2/c1-17-25(31)22(26(32)33-27(37)21-10-5-11-23(29)24(21)30)16-35(17)28(38)36-15-19-9-6-12-34(19)14-20(36)13-18-7-3-2-4-8-18/h2-5,7-8,10-11,17,19-20H,6,9,12-16,31H2,1H3,(H2,32,33,37)/t17?,19-,20-/m0/s1. The van der Waals surface area contributed by atoms with E-state index in [1.807, 2.05) is 23.1 Å². The molecule has 3 amide bonds. The van der Waals surface area contributed by atoms with Gasteiger partial charge in [0.1, 0.15) is 5.84 Å². The summed E-state index contributed by atoms with van der Waals surface area (Å²) >= 11 is 0. The second kappa shape index (κ2) is 10.5. The number of hydrogen-bond donors (Lipinski definition) is 2. The molecule has 10 heteroatoms. The third-order valence-corrected chi connectivity index (χ3v) is 7.91. The van der Waals surface area contributed by atoms with E-state index in [0.29, 0.717) is 23.9 Å². The van der Waals surface area contributed by atoms with Crippen molar-refractivity contribution in [2.75, 3.05) is 26.2 Å². The fraction of sp³-hybridized carbons (Fsp3) is 0.393. The predicted molar refractivity (Wildman–Crippen MR) is 140 cm³/mol. The molecule has 1 unspecified atom stereocenters. The largest absolute Gasteiger partial charge is 0.400 e. The number of halogens is 2.